The lowest BCUT2D eigenvalue weighted by Gasteiger charge is -2.37. The van der Waals surface area contributed by atoms with Crippen LogP contribution in [0.25, 0.3) is 22.9 Å². The number of ether oxygens (including phenoxy) is 3. The highest BCUT2D eigenvalue weighted by Crippen LogP contribution is 2.47. The Bertz CT molecular complexity index is 1640. The maximum atomic E-state index is 6.80. The third-order valence-corrected chi connectivity index (χ3v) is 9.47. The highest BCUT2D eigenvalue weighted by atomic mass is 35.5. The van der Waals surface area contributed by atoms with E-state index in [0.717, 1.165) is 77.4 Å². The summed E-state index contributed by atoms with van der Waals surface area (Å²) in [4.78, 5) is 16.0. The lowest BCUT2D eigenvalue weighted by Crippen LogP contribution is -2.47. The van der Waals surface area contributed by atoms with Crippen LogP contribution in [0.2, 0.25) is 10.0 Å². The Morgan fingerprint density at radius 2 is 1.62 bits per heavy atom. The third-order valence-electron chi connectivity index (χ3n) is 8.72. The molecule has 11 heteroatoms. The van der Waals surface area contributed by atoms with Crippen LogP contribution in [0.4, 0.5) is 17.1 Å². The smallest absolute Gasteiger partial charge is 0.141 e. The highest BCUT2D eigenvalue weighted by molar-refractivity contribution is 6.40. The number of piperazine rings is 1. The SMILES string of the molecule is C=N/C=C\N1CC(c2c(Cl)c(OC)cc(OC)c2Cl)=Cc2cnc(-c3cc(NC)c(N4CCN(C5CC5)CC4)cc3OC)cc21. The molecule has 0 bridgehead atoms. The highest BCUT2D eigenvalue weighted by Gasteiger charge is 2.32. The summed E-state index contributed by atoms with van der Waals surface area (Å²) in [7, 11) is 6.80. The first-order valence-electron chi connectivity index (χ1n) is 15.0. The number of nitrogens with zero attached hydrogens (tertiary/aromatic N) is 5. The van der Waals surface area contributed by atoms with Gasteiger partial charge in [0.2, 0.25) is 0 Å². The standard InChI is InChI=1S/C34H38Cl2N6O3/c1-37-8-9-42-20-22(32-33(35)30(44-4)18-31(45-5)34(32)36)14-21-19-39-25(16-27(21)42)24-15-26(38-2)28(17-29(24)43-3)41-12-10-40(11-13-41)23-6-7-23/h8-9,14-19,23,38H,1,6-7,10-13,20H2,2-5H3/b9-8-. The fraction of sp³-hybridized carbons (Fsp3) is 0.353. The van der Waals surface area contributed by atoms with Gasteiger partial charge in [0, 0.05) is 93.2 Å². The van der Waals surface area contributed by atoms with Crippen LogP contribution in [-0.4, -0.2) is 83.7 Å². The topological polar surface area (TPSA) is 74.7 Å². The second-order valence-electron chi connectivity index (χ2n) is 11.3. The molecule has 3 aliphatic rings. The molecule has 0 atom stereocenters. The van der Waals surface area contributed by atoms with Crippen molar-refractivity contribution >= 4 is 58.6 Å². The maximum Gasteiger partial charge on any atom is 0.141 e. The molecule has 236 valence electrons. The van der Waals surface area contributed by atoms with Crippen LogP contribution in [0.15, 0.2) is 47.9 Å². The van der Waals surface area contributed by atoms with Gasteiger partial charge in [-0.05, 0) is 43.3 Å². The third kappa shape index (κ3) is 6.04. The van der Waals surface area contributed by atoms with Gasteiger partial charge in [-0.15, -0.1) is 0 Å². The first-order chi connectivity index (χ1) is 21.9. The van der Waals surface area contributed by atoms with Gasteiger partial charge in [0.15, 0.2) is 0 Å². The second-order valence-corrected chi connectivity index (χ2v) is 12.0. The van der Waals surface area contributed by atoms with E-state index in [9.17, 15) is 0 Å². The average Bonchev–Trinajstić information content (AvgIpc) is 3.92. The summed E-state index contributed by atoms with van der Waals surface area (Å²) in [5.74, 6) is 1.72. The monoisotopic (exact) mass is 648 g/mol. The maximum absolute atomic E-state index is 6.80. The zero-order chi connectivity index (χ0) is 31.7. The molecule has 1 saturated heterocycles. The zero-order valence-electron chi connectivity index (χ0n) is 26.1. The van der Waals surface area contributed by atoms with Gasteiger partial charge in [0.25, 0.3) is 0 Å². The van der Waals surface area contributed by atoms with Crippen LogP contribution in [0.1, 0.15) is 24.0 Å². The Kier molecular flexibility index (Phi) is 9.12. The number of halogens is 2. The van der Waals surface area contributed by atoms with E-state index in [4.69, 9.17) is 42.4 Å². The lowest BCUT2D eigenvalue weighted by molar-refractivity contribution is 0.248. The van der Waals surface area contributed by atoms with Crippen molar-refractivity contribution in [1.29, 1.82) is 0 Å². The summed E-state index contributed by atoms with van der Waals surface area (Å²) in [5.41, 5.74) is 7.21. The summed E-state index contributed by atoms with van der Waals surface area (Å²) in [6.07, 6.45) is 10.1. The van der Waals surface area contributed by atoms with Crippen LogP contribution in [0, 0.1) is 0 Å². The summed E-state index contributed by atoms with van der Waals surface area (Å²) in [6, 6.07) is 8.81. The zero-order valence-corrected chi connectivity index (χ0v) is 27.6. The molecule has 3 heterocycles. The van der Waals surface area contributed by atoms with E-state index in [2.05, 4.69) is 49.9 Å². The number of aliphatic imine (C=N–C) groups is 1. The number of hydrogen-bond acceptors (Lipinski definition) is 9. The first-order valence-corrected chi connectivity index (χ1v) is 15.8. The van der Waals surface area contributed by atoms with Crippen molar-refractivity contribution in [2.24, 2.45) is 4.99 Å². The van der Waals surface area contributed by atoms with E-state index in [1.807, 2.05) is 25.5 Å². The van der Waals surface area contributed by atoms with Crippen molar-refractivity contribution in [3.8, 4) is 28.5 Å². The summed E-state index contributed by atoms with van der Waals surface area (Å²) in [5, 5.41) is 4.24. The number of methoxy groups -OCH3 is 3. The molecule has 9 nitrogen and oxygen atoms in total. The summed E-state index contributed by atoms with van der Waals surface area (Å²) >= 11 is 13.6. The van der Waals surface area contributed by atoms with Crippen LogP contribution < -0.4 is 29.3 Å². The van der Waals surface area contributed by atoms with Crippen LogP contribution in [-0.2, 0) is 0 Å². The first kappa shape index (κ1) is 31.1. The molecule has 1 saturated carbocycles. The van der Waals surface area contributed by atoms with Gasteiger partial charge in [-0.1, -0.05) is 23.2 Å². The molecule has 6 rings (SSSR count). The fourth-order valence-corrected chi connectivity index (χ4v) is 6.96. The van der Waals surface area contributed by atoms with Gasteiger partial charge in [-0.3, -0.25) is 14.9 Å². The number of rotatable bonds is 10. The van der Waals surface area contributed by atoms with Crippen molar-refractivity contribution in [2.45, 2.75) is 18.9 Å². The predicted octanol–water partition coefficient (Wildman–Crippen LogP) is 6.94. The van der Waals surface area contributed by atoms with Gasteiger partial charge in [-0.2, -0.15) is 0 Å². The van der Waals surface area contributed by atoms with Crippen molar-refractivity contribution in [3.63, 3.8) is 0 Å². The Morgan fingerprint density at radius 1 is 0.933 bits per heavy atom. The minimum absolute atomic E-state index is 0.409. The Hall–Kier alpha value is -3.92. The van der Waals surface area contributed by atoms with E-state index in [1.54, 1.807) is 33.6 Å². The molecule has 0 amide bonds. The molecule has 45 heavy (non-hydrogen) atoms. The molecule has 2 aromatic carbocycles. The van der Waals surface area contributed by atoms with Crippen molar-refractivity contribution in [3.05, 3.63) is 64.0 Å². The molecular formula is C34H38Cl2N6O3. The van der Waals surface area contributed by atoms with Crippen molar-refractivity contribution in [1.82, 2.24) is 9.88 Å². The number of nitrogens with one attached hydrogen (secondary N) is 1. The number of pyridine rings is 1. The summed E-state index contributed by atoms with van der Waals surface area (Å²) < 4.78 is 17.0. The van der Waals surface area contributed by atoms with Gasteiger partial charge in [0.05, 0.1) is 54.1 Å². The Morgan fingerprint density at radius 3 is 2.22 bits per heavy atom. The lowest BCUT2D eigenvalue weighted by atomic mass is 9.96. The van der Waals surface area contributed by atoms with Gasteiger partial charge < -0.3 is 29.3 Å². The van der Waals surface area contributed by atoms with E-state index in [0.29, 0.717) is 33.7 Å². The number of fused-ring (bicyclic) bond motifs is 1. The Labute approximate surface area is 274 Å². The normalized spacial score (nSPS) is 16.8. The largest absolute Gasteiger partial charge is 0.496 e. The molecule has 0 spiro atoms. The molecular weight excluding hydrogens is 611 g/mol. The fourth-order valence-electron chi connectivity index (χ4n) is 6.21. The Balaban J connectivity index is 1.40. The number of hydrogen-bond donors (Lipinski definition) is 1. The molecule has 2 aliphatic heterocycles. The number of anilines is 3. The van der Waals surface area contributed by atoms with Gasteiger partial charge >= 0.3 is 0 Å². The van der Waals surface area contributed by atoms with Crippen LogP contribution in [0.5, 0.6) is 17.2 Å². The van der Waals surface area contributed by atoms with Gasteiger partial charge in [-0.25, -0.2) is 0 Å². The number of aromatic nitrogens is 1. The van der Waals surface area contributed by atoms with E-state index in [1.165, 1.54) is 12.8 Å². The van der Waals surface area contributed by atoms with Gasteiger partial charge in [0.1, 0.15) is 17.2 Å². The molecule has 1 aliphatic carbocycles. The van der Waals surface area contributed by atoms with E-state index >= 15 is 0 Å². The molecule has 2 fully saturated rings. The molecule has 0 unspecified atom stereocenters. The van der Waals surface area contributed by atoms with E-state index in [-0.39, 0.29) is 0 Å². The quantitative estimate of drug-likeness (QED) is 0.237. The average molecular weight is 650 g/mol. The predicted molar refractivity (Wildman–Crippen MR) is 186 cm³/mol. The molecule has 0 radical (unpaired) electrons. The molecule has 1 aromatic heterocycles. The number of benzene rings is 2. The molecule has 3 aromatic rings. The molecule has 1 N–H and O–H groups in total. The van der Waals surface area contributed by atoms with Crippen LogP contribution in [0.3, 0.4) is 0 Å². The van der Waals surface area contributed by atoms with E-state index < -0.39 is 0 Å². The minimum atomic E-state index is 0.409. The van der Waals surface area contributed by atoms with Crippen molar-refractivity contribution < 1.29 is 14.2 Å². The van der Waals surface area contributed by atoms with Crippen LogP contribution >= 0.6 is 23.2 Å². The minimum Gasteiger partial charge on any atom is -0.496 e. The van der Waals surface area contributed by atoms with Crippen molar-refractivity contribution in [2.75, 3.05) is 76.2 Å². The second kappa shape index (κ2) is 13.2. The summed E-state index contributed by atoms with van der Waals surface area (Å²) in [6.45, 7) is 8.24.